The van der Waals surface area contributed by atoms with E-state index in [1.165, 1.54) is 18.7 Å². The average Bonchev–Trinajstić information content (AvgIpc) is 3.19. The molecular weight excluding hydrogens is 386 g/mol. The highest BCUT2D eigenvalue weighted by Crippen LogP contribution is 2.27. The van der Waals surface area contributed by atoms with Crippen LogP contribution in [0.5, 0.6) is 0 Å². The quantitative estimate of drug-likeness (QED) is 0.557. The van der Waals surface area contributed by atoms with Crippen molar-refractivity contribution in [3.63, 3.8) is 0 Å². The Labute approximate surface area is 173 Å². The van der Waals surface area contributed by atoms with Crippen molar-refractivity contribution in [1.82, 2.24) is 20.1 Å². The van der Waals surface area contributed by atoms with E-state index >= 15 is 0 Å². The van der Waals surface area contributed by atoms with Gasteiger partial charge in [0, 0.05) is 19.2 Å². The summed E-state index contributed by atoms with van der Waals surface area (Å²) in [7, 11) is 0. The Kier molecular flexibility index (Phi) is 7.02. The molecule has 1 aromatic heterocycles. The lowest BCUT2D eigenvalue weighted by molar-refractivity contribution is -0.120. The minimum absolute atomic E-state index is 0.0390. The number of thioether (sulfide) groups is 1. The van der Waals surface area contributed by atoms with Gasteiger partial charge in [-0.2, -0.15) is 0 Å². The van der Waals surface area contributed by atoms with Crippen LogP contribution >= 0.6 is 11.8 Å². The number of anilines is 1. The van der Waals surface area contributed by atoms with E-state index in [4.69, 9.17) is 0 Å². The van der Waals surface area contributed by atoms with Gasteiger partial charge >= 0.3 is 0 Å². The predicted octanol–water partition coefficient (Wildman–Crippen LogP) is 3.41. The van der Waals surface area contributed by atoms with Crippen molar-refractivity contribution in [3.8, 4) is 5.69 Å². The van der Waals surface area contributed by atoms with Crippen LogP contribution in [-0.4, -0.2) is 31.8 Å². The van der Waals surface area contributed by atoms with Crippen molar-refractivity contribution in [2.45, 2.75) is 37.2 Å². The van der Waals surface area contributed by atoms with Crippen LogP contribution < -0.4 is 10.6 Å². The summed E-state index contributed by atoms with van der Waals surface area (Å²) < 4.78 is 1.81. The van der Waals surface area contributed by atoms with Gasteiger partial charge in [-0.25, -0.2) is 0 Å². The first-order valence-corrected chi connectivity index (χ1v) is 10.2. The number of hydrogen-bond acceptors (Lipinski definition) is 5. The van der Waals surface area contributed by atoms with Gasteiger partial charge in [-0.15, -0.1) is 10.2 Å². The fraction of sp³-hybridized carbons (Fsp3) is 0.238. The third-order valence-electron chi connectivity index (χ3n) is 4.18. The number of nitrogens with zero attached hydrogens (tertiary/aromatic N) is 3. The lowest BCUT2D eigenvalue weighted by atomic mass is 10.2. The van der Waals surface area contributed by atoms with Crippen molar-refractivity contribution in [3.05, 3.63) is 66.5 Å². The van der Waals surface area contributed by atoms with Gasteiger partial charge in [0.1, 0.15) is 6.33 Å². The molecule has 150 valence electrons. The molecule has 0 aliphatic rings. The van der Waals surface area contributed by atoms with Gasteiger partial charge in [0.05, 0.1) is 10.9 Å². The third kappa shape index (κ3) is 5.68. The summed E-state index contributed by atoms with van der Waals surface area (Å²) in [5.74, 6) is -0.176. The summed E-state index contributed by atoms with van der Waals surface area (Å²) in [4.78, 5) is 24.0. The fourth-order valence-electron chi connectivity index (χ4n) is 2.77. The van der Waals surface area contributed by atoms with E-state index in [2.05, 4.69) is 20.8 Å². The maximum Gasteiger partial charge on any atom is 0.233 e. The number of aromatic nitrogens is 3. The van der Waals surface area contributed by atoms with Gasteiger partial charge in [-0.1, -0.05) is 55.1 Å². The van der Waals surface area contributed by atoms with Crippen molar-refractivity contribution >= 4 is 29.3 Å². The molecule has 1 unspecified atom stereocenters. The zero-order valence-electron chi connectivity index (χ0n) is 16.3. The molecule has 1 heterocycles. The molecule has 3 aromatic rings. The first-order valence-electron chi connectivity index (χ1n) is 9.33. The molecule has 2 amide bonds. The highest BCUT2D eigenvalue weighted by Gasteiger charge is 2.21. The van der Waals surface area contributed by atoms with Crippen molar-refractivity contribution < 1.29 is 9.59 Å². The number of carbonyl (C=O) groups is 2. The van der Waals surface area contributed by atoms with Crippen LogP contribution in [0.2, 0.25) is 0 Å². The zero-order valence-corrected chi connectivity index (χ0v) is 17.1. The molecule has 7 nitrogen and oxygen atoms in total. The molecule has 0 radical (unpaired) electrons. The summed E-state index contributed by atoms with van der Waals surface area (Å²) in [5.41, 5.74) is 2.55. The van der Waals surface area contributed by atoms with E-state index in [0.717, 1.165) is 11.3 Å². The monoisotopic (exact) mass is 409 g/mol. The summed E-state index contributed by atoms with van der Waals surface area (Å²) in [5, 5.41) is 14.3. The molecule has 0 fully saturated rings. The van der Waals surface area contributed by atoms with Crippen molar-refractivity contribution in [1.29, 1.82) is 0 Å². The summed E-state index contributed by atoms with van der Waals surface area (Å²) in [6.07, 6.45) is 2.26. The molecule has 8 heteroatoms. The SMILES string of the molecule is CCC(Sc1nncn1-c1cccc(NC(C)=O)c1)C(=O)NCc1ccccc1. The number of benzene rings is 2. The number of hydrogen-bond donors (Lipinski definition) is 2. The number of nitrogens with one attached hydrogen (secondary N) is 2. The number of carbonyl (C=O) groups excluding carboxylic acids is 2. The van der Waals surface area contributed by atoms with E-state index in [1.54, 1.807) is 6.33 Å². The first-order chi connectivity index (χ1) is 14.1. The van der Waals surface area contributed by atoms with Crippen LogP contribution in [0.3, 0.4) is 0 Å². The molecule has 1 atom stereocenters. The van der Waals surface area contributed by atoms with Crippen LogP contribution in [0, 0.1) is 0 Å². The van der Waals surface area contributed by atoms with Crippen molar-refractivity contribution in [2.75, 3.05) is 5.32 Å². The molecule has 2 N–H and O–H groups in total. The summed E-state index contributed by atoms with van der Waals surface area (Å²) in [6, 6.07) is 17.2. The van der Waals surface area contributed by atoms with Crippen molar-refractivity contribution in [2.24, 2.45) is 0 Å². The molecule has 3 rings (SSSR count). The molecule has 0 bridgehead atoms. The number of amides is 2. The average molecular weight is 410 g/mol. The van der Waals surface area contributed by atoms with E-state index in [-0.39, 0.29) is 17.1 Å². The fourth-order valence-corrected chi connectivity index (χ4v) is 3.74. The smallest absolute Gasteiger partial charge is 0.233 e. The number of rotatable bonds is 8. The van der Waals surface area contributed by atoms with Crippen LogP contribution in [0.15, 0.2) is 66.1 Å². The highest BCUT2D eigenvalue weighted by molar-refractivity contribution is 8.00. The third-order valence-corrected chi connectivity index (χ3v) is 5.50. The lowest BCUT2D eigenvalue weighted by Gasteiger charge is -2.15. The molecule has 0 spiro atoms. The van der Waals surface area contributed by atoms with Gasteiger partial charge in [0.25, 0.3) is 0 Å². The minimum atomic E-state index is -0.291. The second-order valence-electron chi connectivity index (χ2n) is 6.43. The van der Waals surface area contributed by atoms with Crippen LogP contribution in [0.4, 0.5) is 5.69 Å². The zero-order chi connectivity index (χ0) is 20.6. The second kappa shape index (κ2) is 9.88. The molecule has 0 saturated carbocycles. The van der Waals surface area contributed by atoms with Gasteiger partial charge < -0.3 is 10.6 Å². The van der Waals surface area contributed by atoms with Crippen LogP contribution in [0.25, 0.3) is 5.69 Å². The summed E-state index contributed by atoms with van der Waals surface area (Å²) >= 11 is 1.37. The van der Waals surface area contributed by atoms with Gasteiger partial charge in [-0.05, 0) is 30.2 Å². The van der Waals surface area contributed by atoms with Gasteiger partial charge in [-0.3, -0.25) is 14.2 Å². The Balaban J connectivity index is 1.70. The topological polar surface area (TPSA) is 88.9 Å². The molecule has 29 heavy (non-hydrogen) atoms. The minimum Gasteiger partial charge on any atom is -0.351 e. The van der Waals surface area contributed by atoms with Crippen LogP contribution in [0.1, 0.15) is 25.8 Å². The van der Waals surface area contributed by atoms with E-state index in [9.17, 15) is 9.59 Å². The Hall–Kier alpha value is -3.13. The Bertz CT molecular complexity index is 974. The molecule has 2 aromatic carbocycles. The largest absolute Gasteiger partial charge is 0.351 e. The molecular formula is C21H23N5O2S. The van der Waals surface area contributed by atoms with Gasteiger partial charge in [0.2, 0.25) is 11.8 Å². The van der Waals surface area contributed by atoms with E-state index < -0.39 is 0 Å². The maximum atomic E-state index is 12.7. The Morgan fingerprint density at radius 1 is 1.14 bits per heavy atom. The molecule has 0 aliphatic heterocycles. The Morgan fingerprint density at radius 3 is 2.66 bits per heavy atom. The normalized spacial score (nSPS) is 11.7. The van der Waals surface area contributed by atoms with E-state index in [1.807, 2.05) is 66.1 Å². The van der Waals surface area contributed by atoms with Crippen LogP contribution in [-0.2, 0) is 16.1 Å². The lowest BCUT2D eigenvalue weighted by Crippen LogP contribution is -2.32. The maximum absolute atomic E-state index is 12.7. The second-order valence-corrected chi connectivity index (χ2v) is 7.60. The molecule has 0 saturated heterocycles. The Morgan fingerprint density at radius 2 is 1.93 bits per heavy atom. The standard InChI is InChI=1S/C21H23N5O2S/c1-3-19(20(28)22-13-16-8-5-4-6-9-16)29-21-25-23-14-26(21)18-11-7-10-17(12-18)24-15(2)27/h4-12,14,19H,3,13H2,1-2H3,(H,22,28)(H,24,27). The van der Waals surface area contributed by atoms with Gasteiger partial charge in [0.15, 0.2) is 5.16 Å². The summed E-state index contributed by atoms with van der Waals surface area (Å²) in [6.45, 7) is 3.92. The van der Waals surface area contributed by atoms with E-state index in [0.29, 0.717) is 23.8 Å². The first kappa shape index (κ1) is 20.6. The highest BCUT2D eigenvalue weighted by atomic mass is 32.2. The molecule has 0 aliphatic carbocycles. The predicted molar refractivity (Wildman–Crippen MR) is 114 cm³/mol.